The first-order chi connectivity index (χ1) is 13.3. The maximum Gasteiger partial charge on any atom is 0.263 e. The molecule has 0 aliphatic carbocycles. The molecule has 1 aliphatic rings. The van der Waals surface area contributed by atoms with Crippen molar-refractivity contribution in [1.29, 1.82) is 0 Å². The summed E-state index contributed by atoms with van der Waals surface area (Å²) in [5.74, 6) is 0.228. The van der Waals surface area contributed by atoms with Gasteiger partial charge in [-0.1, -0.05) is 45.7 Å². The zero-order valence-electron chi connectivity index (χ0n) is 15.2. The lowest BCUT2D eigenvalue weighted by Gasteiger charge is -2.35. The van der Waals surface area contributed by atoms with Gasteiger partial charge in [-0.15, -0.1) is 0 Å². The van der Waals surface area contributed by atoms with Gasteiger partial charge < -0.3 is 9.64 Å². The number of benzene rings is 2. The van der Waals surface area contributed by atoms with Gasteiger partial charge in [-0.2, -0.15) is 4.31 Å². The fourth-order valence-corrected chi connectivity index (χ4v) is 5.12. The number of halogens is 2. The summed E-state index contributed by atoms with van der Waals surface area (Å²) in [6.45, 7) is 2.77. The number of rotatable bonds is 5. The summed E-state index contributed by atoms with van der Waals surface area (Å²) in [6.07, 6.45) is -0.726. The van der Waals surface area contributed by atoms with Crippen LogP contribution in [0.1, 0.15) is 6.92 Å². The van der Waals surface area contributed by atoms with Crippen molar-refractivity contribution in [2.75, 3.05) is 26.2 Å². The zero-order valence-corrected chi connectivity index (χ0v) is 18.4. The van der Waals surface area contributed by atoms with Crippen LogP contribution in [0.4, 0.5) is 0 Å². The Morgan fingerprint density at radius 3 is 2.36 bits per heavy atom. The molecule has 1 aliphatic heterocycles. The van der Waals surface area contributed by atoms with Crippen molar-refractivity contribution >= 4 is 43.5 Å². The Hall–Kier alpha value is -1.61. The van der Waals surface area contributed by atoms with Gasteiger partial charge in [0.25, 0.3) is 5.91 Å². The SMILES string of the molecule is C[C@H](Oc1ccc(Br)cc1Cl)C(=O)N1CCN(S(=O)(=O)c2ccccc2)CC1. The van der Waals surface area contributed by atoms with Crippen LogP contribution in [0.2, 0.25) is 5.02 Å². The molecule has 6 nitrogen and oxygen atoms in total. The molecule has 150 valence electrons. The molecule has 1 heterocycles. The molecule has 2 aromatic carbocycles. The third-order valence-electron chi connectivity index (χ3n) is 4.48. The molecule has 9 heteroatoms. The quantitative estimate of drug-likeness (QED) is 0.648. The Kier molecular flexibility index (Phi) is 6.65. The predicted octanol–water partition coefficient (Wildman–Crippen LogP) is 3.40. The maximum atomic E-state index is 12.7. The highest BCUT2D eigenvalue weighted by Gasteiger charge is 2.32. The molecule has 0 N–H and O–H groups in total. The van der Waals surface area contributed by atoms with Gasteiger partial charge in [-0.05, 0) is 37.3 Å². The molecule has 0 aromatic heterocycles. The third kappa shape index (κ3) is 4.68. The molecule has 1 amide bonds. The lowest BCUT2D eigenvalue weighted by molar-refractivity contribution is -0.139. The van der Waals surface area contributed by atoms with Crippen LogP contribution in [-0.2, 0) is 14.8 Å². The van der Waals surface area contributed by atoms with Gasteiger partial charge in [0.1, 0.15) is 5.75 Å². The first-order valence-electron chi connectivity index (χ1n) is 8.75. The molecule has 0 radical (unpaired) electrons. The fraction of sp³-hybridized carbons (Fsp3) is 0.316. The van der Waals surface area contributed by atoms with E-state index in [1.807, 2.05) is 0 Å². The Morgan fingerprint density at radius 1 is 1.11 bits per heavy atom. The van der Waals surface area contributed by atoms with E-state index in [1.165, 1.54) is 4.31 Å². The third-order valence-corrected chi connectivity index (χ3v) is 7.18. The van der Waals surface area contributed by atoms with Gasteiger partial charge in [0.05, 0.1) is 9.92 Å². The van der Waals surface area contributed by atoms with Crippen LogP contribution in [0.15, 0.2) is 57.9 Å². The number of piperazine rings is 1. The van der Waals surface area contributed by atoms with Crippen LogP contribution < -0.4 is 4.74 Å². The van der Waals surface area contributed by atoms with E-state index in [2.05, 4.69) is 15.9 Å². The van der Waals surface area contributed by atoms with Gasteiger partial charge >= 0.3 is 0 Å². The Labute approximate surface area is 178 Å². The average molecular weight is 488 g/mol. The van der Waals surface area contributed by atoms with Crippen LogP contribution in [-0.4, -0.2) is 55.8 Å². The van der Waals surface area contributed by atoms with Crippen molar-refractivity contribution in [2.45, 2.75) is 17.9 Å². The number of hydrogen-bond acceptors (Lipinski definition) is 4. The number of hydrogen-bond donors (Lipinski definition) is 0. The normalized spacial score (nSPS) is 16.6. The van der Waals surface area contributed by atoms with Gasteiger partial charge in [0.2, 0.25) is 10.0 Å². The first kappa shape index (κ1) is 21.1. The molecule has 2 aromatic rings. The van der Waals surface area contributed by atoms with Crippen LogP contribution in [0, 0.1) is 0 Å². The highest BCUT2D eigenvalue weighted by atomic mass is 79.9. The lowest BCUT2D eigenvalue weighted by atomic mass is 10.2. The van der Waals surface area contributed by atoms with E-state index in [4.69, 9.17) is 16.3 Å². The molecular formula is C19H20BrClN2O4S. The summed E-state index contributed by atoms with van der Waals surface area (Å²) in [7, 11) is -3.55. The van der Waals surface area contributed by atoms with Crippen LogP contribution in [0.25, 0.3) is 0 Å². The molecular weight excluding hydrogens is 468 g/mol. The molecule has 0 saturated carbocycles. The summed E-state index contributed by atoms with van der Waals surface area (Å²) in [5, 5.41) is 0.410. The average Bonchev–Trinajstić information content (AvgIpc) is 2.70. The minimum absolute atomic E-state index is 0.198. The second-order valence-corrected chi connectivity index (χ2v) is 9.64. The summed E-state index contributed by atoms with van der Waals surface area (Å²) in [6, 6.07) is 13.5. The highest BCUT2D eigenvalue weighted by molar-refractivity contribution is 9.10. The zero-order chi connectivity index (χ0) is 20.3. The predicted molar refractivity (Wildman–Crippen MR) is 111 cm³/mol. The Bertz CT molecular complexity index is 948. The summed E-state index contributed by atoms with van der Waals surface area (Å²) in [5.41, 5.74) is 0. The van der Waals surface area contributed by atoms with Crippen molar-refractivity contribution in [3.8, 4) is 5.75 Å². The smallest absolute Gasteiger partial charge is 0.263 e. The van der Waals surface area contributed by atoms with Crippen molar-refractivity contribution < 1.29 is 17.9 Å². The standard InChI is InChI=1S/C19H20BrClN2O4S/c1-14(27-18-8-7-15(20)13-17(18)21)19(24)22-9-11-23(12-10-22)28(25,26)16-5-3-2-4-6-16/h2-8,13-14H,9-12H2,1H3/t14-/m0/s1. The summed E-state index contributed by atoms with van der Waals surface area (Å²) >= 11 is 9.46. The minimum Gasteiger partial charge on any atom is -0.479 e. The number of carbonyl (C=O) groups is 1. The van der Waals surface area contributed by atoms with E-state index in [0.717, 1.165) is 4.47 Å². The van der Waals surface area contributed by atoms with Crippen molar-refractivity contribution in [1.82, 2.24) is 9.21 Å². The van der Waals surface area contributed by atoms with Crippen LogP contribution in [0.3, 0.4) is 0 Å². The number of amides is 1. The van der Waals surface area contributed by atoms with E-state index in [9.17, 15) is 13.2 Å². The minimum atomic E-state index is -3.55. The maximum absolute atomic E-state index is 12.7. The molecule has 1 atom stereocenters. The highest BCUT2D eigenvalue weighted by Crippen LogP contribution is 2.29. The number of nitrogens with zero attached hydrogens (tertiary/aromatic N) is 2. The van der Waals surface area contributed by atoms with Gasteiger partial charge in [0, 0.05) is 30.7 Å². The molecule has 0 unspecified atom stereocenters. The van der Waals surface area contributed by atoms with Crippen molar-refractivity contribution in [2.24, 2.45) is 0 Å². The van der Waals surface area contributed by atoms with E-state index >= 15 is 0 Å². The van der Waals surface area contributed by atoms with Crippen LogP contribution >= 0.6 is 27.5 Å². The molecule has 1 saturated heterocycles. The van der Waals surface area contributed by atoms with E-state index in [-0.39, 0.29) is 23.9 Å². The Balaban J connectivity index is 1.60. The summed E-state index contributed by atoms with van der Waals surface area (Å²) in [4.78, 5) is 14.6. The van der Waals surface area contributed by atoms with E-state index in [1.54, 1.807) is 60.4 Å². The number of carbonyl (C=O) groups excluding carboxylic acids is 1. The first-order valence-corrected chi connectivity index (χ1v) is 11.4. The topological polar surface area (TPSA) is 66.9 Å². The Morgan fingerprint density at radius 2 is 1.75 bits per heavy atom. The van der Waals surface area contributed by atoms with E-state index in [0.29, 0.717) is 23.9 Å². The second kappa shape index (κ2) is 8.82. The van der Waals surface area contributed by atoms with Gasteiger partial charge in [0.15, 0.2) is 6.10 Å². The van der Waals surface area contributed by atoms with E-state index < -0.39 is 16.1 Å². The number of ether oxygens (including phenoxy) is 1. The van der Waals surface area contributed by atoms with Gasteiger partial charge in [-0.3, -0.25) is 4.79 Å². The van der Waals surface area contributed by atoms with Crippen LogP contribution in [0.5, 0.6) is 5.75 Å². The number of sulfonamides is 1. The molecule has 3 rings (SSSR count). The monoisotopic (exact) mass is 486 g/mol. The fourth-order valence-electron chi connectivity index (χ4n) is 2.96. The summed E-state index contributed by atoms with van der Waals surface area (Å²) < 4.78 is 33.3. The van der Waals surface area contributed by atoms with Crippen molar-refractivity contribution in [3.05, 3.63) is 58.0 Å². The van der Waals surface area contributed by atoms with Gasteiger partial charge in [-0.25, -0.2) is 8.42 Å². The molecule has 28 heavy (non-hydrogen) atoms. The largest absolute Gasteiger partial charge is 0.479 e. The lowest BCUT2D eigenvalue weighted by Crippen LogP contribution is -2.53. The van der Waals surface area contributed by atoms with Crippen molar-refractivity contribution in [3.63, 3.8) is 0 Å². The molecule has 0 bridgehead atoms. The molecule has 1 fully saturated rings. The molecule has 0 spiro atoms. The second-order valence-electron chi connectivity index (χ2n) is 6.38.